The van der Waals surface area contributed by atoms with Crippen molar-refractivity contribution in [2.75, 3.05) is 12.3 Å². The van der Waals surface area contributed by atoms with Gasteiger partial charge in [0.2, 0.25) is 0 Å². The molecule has 0 aliphatic carbocycles. The Morgan fingerprint density at radius 2 is 2.00 bits per heavy atom. The number of thioether (sulfide) groups is 1. The van der Waals surface area contributed by atoms with E-state index >= 15 is 0 Å². The number of hydrogen-bond donors (Lipinski definition) is 1. The number of carbonyl (C=O) groups excluding carboxylic acids is 1. The lowest BCUT2D eigenvalue weighted by atomic mass is 10.2. The van der Waals surface area contributed by atoms with Crippen molar-refractivity contribution in [3.63, 3.8) is 0 Å². The van der Waals surface area contributed by atoms with Gasteiger partial charge in [0.25, 0.3) is 5.91 Å². The third-order valence-electron chi connectivity index (χ3n) is 3.56. The molecule has 0 saturated heterocycles. The normalized spacial score (nSPS) is 11.8. The highest BCUT2D eigenvalue weighted by Crippen LogP contribution is 2.23. The van der Waals surface area contributed by atoms with Crippen LogP contribution >= 0.6 is 23.4 Å². The van der Waals surface area contributed by atoms with Crippen LogP contribution in [0.5, 0.6) is 5.75 Å². The van der Waals surface area contributed by atoms with Gasteiger partial charge in [-0.1, -0.05) is 35.4 Å². The molecule has 0 aromatic heterocycles. The van der Waals surface area contributed by atoms with Crippen LogP contribution in [0.1, 0.15) is 18.1 Å². The van der Waals surface area contributed by atoms with E-state index in [9.17, 15) is 9.18 Å². The van der Waals surface area contributed by atoms with Gasteiger partial charge in [0.05, 0.1) is 0 Å². The molecule has 0 aliphatic heterocycles. The first-order valence-corrected chi connectivity index (χ1v) is 9.52. The van der Waals surface area contributed by atoms with Crippen LogP contribution in [0.4, 0.5) is 4.39 Å². The average Bonchev–Trinajstić information content (AvgIpc) is 2.58. The largest absolute Gasteiger partial charge is 0.481 e. The topological polar surface area (TPSA) is 38.3 Å². The molecule has 0 spiro atoms. The highest BCUT2D eigenvalue weighted by atomic mass is 35.5. The predicted octanol–water partition coefficient (Wildman–Crippen LogP) is 4.60. The molecule has 3 nitrogen and oxygen atoms in total. The Labute approximate surface area is 156 Å². The average molecular weight is 382 g/mol. The van der Waals surface area contributed by atoms with Crippen LogP contribution < -0.4 is 10.1 Å². The fourth-order valence-corrected chi connectivity index (χ4v) is 3.31. The zero-order valence-electron chi connectivity index (χ0n) is 14.2. The van der Waals surface area contributed by atoms with Crippen LogP contribution in [0, 0.1) is 12.7 Å². The molecule has 0 heterocycles. The van der Waals surface area contributed by atoms with Crippen molar-refractivity contribution in [2.45, 2.75) is 25.7 Å². The molecular weight excluding hydrogens is 361 g/mol. The Morgan fingerprint density at radius 3 is 2.68 bits per heavy atom. The second-order valence-corrected chi connectivity index (χ2v) is 7.13. The smallest absolute Gasteiger partial charge is 0.260 e. The third kappa shape index (κ3) is 6.25. The van der Waals surface area contributed by atoms with Gasteiger partial charge in [-0.05, 0) is 38.1 Å². The standard InChI is InChI=1S/C19H21ClFNO2S/c1-13-6-8-15(9-7-13)24-14(2)19(23)22-10-11-25-12-16-17(20)4-3-5-18(16)21/h3-9,14H,10-12H2,1-2H3,(H,22,23)/t14-/m1/s1. The summed E-state index contributed by atoms with van der Waals surface area (Å²) in [7, 11) is 0. The molecule has 6 heteroatoms. The summed E-state index contributed by atoms with van der Waals surface area (Å²) in [6.45, 7) is 4.19. The maximum Gasteiger partial charge on any atom is 0.260 e. The Morgan fingerprint density at radius 1 is 1.28 bits per heavy atom. The van der Waals surface area contributed by atoms with Crippen LogP contribution in [0.2, 0.25) is 5.02 Å². The zero-order chi connectivity index (χ0) is 18.2. The van der Waals surface area contributed by atoms with E-state index in [0.717, 1.165) is 5.56 Å². The quantitative estimate of drug-likeness (QED) is 0.679. The minimum Gasteiger partial charge on any atom is -0.481 e. The van der Waals surface area contributed by atoms with Crippen molar-refractivity contribution in [3.8, 4) is 5.75 Å². The maximum absolute atomic E-state index is 13.6. The fraction of sp³-hybridized carbons (Fsp3) is 0.316. The third-order valence-corrected chi connectivity index (χ3v) is 4.90. The highest BCUT2D eigenvalue weighted by Gasteiger charge is 2.14. The minimum absolute atomic E-state index is 0.176. The summed E-state index contributed by atoms with van der Waals surface area (Å²) in [4.78, 5) is 12.0. The summed E-state index contributed by atoms with van der Waals surface area (Å²) in [6, 6.07) is 12.2. The lowest BCUT2D eigenvalue weighted by molar-refractivity contribution is -0.127. The summed E-state index contributed by atoms with van der Waals surface area (Å²) < 4.78 is 19.2. The number of nitrogens with one attached hydrogen (secondary N) is 1. The van der Waals surface area contributed by atoms with E-state index in [1.54, 1.807) is 19.1 Å². The van der Waals surface area contributed by atoms with E-state index in [1.165, 1.54) is 17.8 Å². The zero-order valence-corrected chi connectivity index (χ0v) is 15.8. The summed E-state index contributed by atoms with van der Waals surface area (Å²) in [6.07, 6.45) is -0.575. The molecule has 1 amide bonds. The number of ether oxygens (including phenoxy) is 1. The first-order chi connectivity index (χ1) is 12.0. The van der Waals surface area contributed by atoms with Gasteiger partial charge in [-0.25, -0.2) is 4.39 Å². The van der Waals surface area contributed by atoms with Crippen molar-refractivity contribution in [1.29, 1.82) is 0 Å². The Bertz CT molecular complexity index is 689. The minimum atomic E-state index is -0.575. The van der Waals surface area contributed by atoms with E-state index in [0.29, 0.717) is 34.4 Å². The fourth-order valence-electron chi connectivity index (χ4n) is 2.11. The van der Waals surface area contributed by atoms with Gasteiger partial charge < -0.3 is 10.1 Å². The van der Waals surface area contributed by atoms with E-state index in [4.69, 9.17) is 16.3 Å². The van der Waals surface area contributed by atoms with E-state index in [1.807, 2.05) is 31.2 Å². The van der Waals surface area contributed by atoms with Crippen LogP contribution in [0.3, 0.4) is 0 Å². The first-order valence-electron chi connectivity index (χ1n) is 7.99. The number of carbonyl (C=O) groups is 1. The lowest BCUT2D eigenvalue weighted by Gasteiger charge is -2.15. The number of benzene rings is 2. The Balaban J connectivity index is 1.68. The predicted molar refractivity (Wildman–Crippen MR) is 102 cm³/mol. The van der Waals surface area contributed by atoms with Gasteiger partial charge >= 0.3 is 0 Å². The summed E-state index contributed by atoms with van der Waals surface area (Å²) in [5, 5.41) is 3.25. The van der Waals surface area contributed by atoms with E-state index in [2.05, 4.69) is 5.32 Å². The van der Waals surface area contributed by atoms with Gasteiger partial charge in [0.1, 0.15) is 11.6 Å². The second-order valence-electron chi connectivity index (χ2n) is 5.62. The van der Waals surface area contributed by atoms with Gasteiger partial charge in [0.15, 0.2) is 6.10 Å². The van der Waals surface area contributed by atoms with Gasteiger partial charge in [0, 0.05) is 28.6 Å². The first kappa shape index (κ1) is 19.6. The molecule has 1 N–H and O–H groups in total. The lowest BCUT2D eigenvalue weighted by Crippen LogP contribution is -2.37. The molecule has 0 radical (unpaired) electrons. The molecule has 2 aromatic carbocycles. The molecule has 0 fully saturated rings. The van der Waals surface area contributed by atoms with Gasteiger partial charge in [-0.15, -0.1) is 0 Å². The van der Waals surface area contributed by atoms with Crippen molar-refractivity contribution >= 4 is 29.3 Å². The van der Waals surface area contributed by atoms with Crippen molar-refractivity contribution in [3.05, 3.63) is 64.4 Å². The van der Waals surface area contributed by atoms with Crippen molar-refractivity contribution in [1.82, 2.24) is 5.32 Å². The molecule has 1 atom stereocenters. The van der Waals surface area contributed by atoms with E-state index in [-0.39, 0.29) is 11.7 Å². The Hall–Kier alpha value is -1.72. The molecule has 134 valence electrons. The monoisotopic (exact) mass is 381 g/mol. The van der Waals surface area contributed by atoms with Crippen LogP contribution in [-0.4, -0.2) is 24.3 Å². The molecule has 0 bridgehead atoms. The van der Waals surface area contributed by atoms with Crippen molar-refractivity contribution < 1.29 is 13.9 Å². The molecule has 0 saturated carbocycles. The molecule has 0 aliphatic rings. The molecular formula is C19H21ClFNO2S. The SMILES string of the molecule is Cc1ccc(O[C@H](C)C(=O)NCCSCc2c(F)cccc2Cl)cc1. The summed E-state index contributed by atoms with van der Waals surface area (Å²) in [5.74, 6) is 1.32. The number of hydrogen-bond acceptors (Lipinski definition) is 3. The summed E-state index contributed by atoms with van der Waals surface area (Å²) >= 11 is 7.50. The van der Waals surface area contributed by atoms with Crippen LogP contribution in [0.25, 0.3) is 0 Å². The van der Waals surface area contributed by atoms with Crippen LogP contribution in [-0.2, 0) is 10.5 Å². The second kappa shape index (κ2) is 9.68. The maximum atomic E-state index is 13.6. The molecule has 0 unspecified atom stereocenters. The molecule has 25 heavy (non-hydrogen) atoms. The molecule has 2 aromatic rings. The number of halogens is 2. The molecule has 2 rings (SSSR count). The number of rotatable bonds is 8. The van der Waals surface area contributed by atoms with Gasteiger partial charge in [-0.2, -0.15) is 11.8 Å². The van der Waals surface area contributed by atoms with Crippen LogP contribution in [0.15, 0.2) is 42.5 Å². The highest BCUT2D eigenvalue weighted by molar-refractivity contribution is 7.98. The summed E-state index contributed by atoms with van der Waals surface area (Å²) in [5.41, 5.74) is 1.63. The Kier molecular flexibility index (Phi) is 7.59. The van der Waals surface area contributed by atoms with E-state index < -0.39 is 6.10 Å². The number of amides is 1. The number of aryl methyl sites for hydroxylation is 1. The van der Waals surface area contributed by atoms with Gasteiger partial charge in [-0.3, -0.25) is 4.79 Å². The van der Waals surface area contributed by atoms with Crippen molar-refractivity contribution in [2.24, 2.45) is 0 Å².